The minimum Gasteiger partial charge on any atom is -0.406 e. The first-order valence-corrected chi connectivity index (χ1v) is 7.51. The third-order valence-electron chi connectivity index (χ3n) is 3.80. The Balaban J connectivity index is 1.85. The SMILES string of the molecule is NC(=O)[C@@H]1CCC[NH+](CC(=O)Nc2ccc(OC(F)(F)F)cc2)C1. The van der Waals surface area contributed by atoms with Crippen LogP contribution >= 0.6 is 0 Å². The summed E-state index contributed by atoms with van der Waals surface area (Å²) in [7, 11) is 0. The van der Waals surface area contributed by atoms with Gasteiger partial charge in [0.25, 0.3) is 5.91 Å². The maximum atomic E-state index is 12.1. The second-order valence-electron chi connectivity index (χ2n) is 5.74. The van der Waals surface area contributed by atoms with Gasteiger partial charge < -0.3 is 20.7 Å². The molecule has 2 amide bonds. The van der Waals surface area contributed by atoms with E-state index in [1.807, 2.05) is 0 Å². The van der Waals surface area contributed by atoms with Crippen LogP contribution < -0.4 is 20.7 Å². The summed E-state index contributed by atoms with van der Waals surface area (Å²) in [5, 5.41) is 2.61. The molecule has 24 heavy (non-hydrogen) atoms. The molecule has 4 N–H and O–H groups in total. The molecule has 1 saturated heterocycles. The molecule has 0 radical (unpaired) electrons. The Morgan fingerprint density at radius 1 is 1.29 bits per heavy atom. The average molecular weight is 346 g/mol. The largest absolute Gasteiger partial charge is 0.573 e. The highest BCUT2D eigenvalue weighted by molar-refractivity contribution is 5.91. The fourth-order valence-corrected chi connectivity index (χ4v) is 2.73. The van der Waals surface area contributed by atoms with Crippen LogP contribution in [-0.4, -0.2) is 37.8 Å². The number of nitrogens with two attached hydrogens (primary N) is 1. The first-order chi connectivity index (χ1) is 11.2. The highest BCUT2D eigenvalue weighted by Crippen LogP contribution is 2.23. The van der Waals surface area contributed by atoms with Gasteiger partial charge in [-0.25, -0.2) is 0 Å². The van der Waals surface area contributed by atoms with Gasteiger partial charge in [0.05, 0.1) is 19.0 Å². The lowest BCUT2D eigenvalue weighted by atomic mass is 9.97. The molecule has 1 aromatic carbocycles. The molecule has 2 rings (SSSR count). The average Bonchev–Trinajstić information content (AvgIpc) is 2.48. The molecule has 0 spiro atoms. The molecule has 6 nitrogen and oxygen atoms in total. The standard InChI is InChI=1S/C15H18F3N3O3/c16-15(17,18)24-12-5-3-11(4-6-12)20-13(22)9-21-7-1-2-10(8-21)14(19)23/h3-6,10H,1-2,7-9H2,(H2,19,23)(H,20,22)/p+1/t10-/m1/s1. The van der Waals surface area contributed by atoms with Crippen molar-refractivity contribution < 1.29 is 32.4 Å². The third kappa shape index (κ3) is 5.73. The quantitative estimate of drug-likeness (QED) is 0.717. The molecule has 1 fully saturated rings. The summed E-state index contributed by atoms with van der Waals surface area (Å²) in [6, 6.07) is 4.91. The van der Waals surface area contributed by atoms with E-state index in [9.17, 15) is 22.8 Å². The van der Waals surface area contributed by atoms with Gasteiger partial charge in [0.2, 0.25) is 5.91 Å². The second kappa shape index (κ2) is 7.52. The van der Waals surface area contributed by atoms with E-state index >= 15 is 0 Å². The molecule has 1 heterocycles. The predicted octanol–water partition coefficient (Wildman–Crippen LogP) is 0.304. The third-order valence-corrected chi connectivity index (χ3v) is 3.80. The molecule has 0 aromatic heterocycles. The summed E-state index contributed by atoms with van der Waals surface area (Å²) in [4.78, 5) is 24.2. The van der Waals surface area contributed by atoms with E-state index in [0.29, 0.717) is 12.2 Å². The number of nitrogens with one attached hydrogen (secondary N) is 2. The molecule has 9 heteroatoms. The summed E-state index contributed by atoms with van der Waals surface area (Å²) in [6.07, 6.45) is -3.19. The number of alkyl halides is 3. The van der Waals surface area contributed by atoms with Crippen molar-refractivity contribution in [2.75, 3.05) is 25.0 Å². The van der Waals surface area contributed by atoms with Gasteiger partial charge >= 0.3 is 6.36 Å². The molecule has 0 bridgehead atoms. The molecular formula is C15H19F3N3O3+. The monoisotopic (exact) mass is 346 g/mol. The number of rotatable bonds is 5. The molecule has 0 aliphatic carbocycles. The Bertz CT molecular complexity index is 590. The molecule has 2 atom stereocenters. The second-order valence-corrected chi connectivity index (χ2v) is 5.74. The van der Waals surface area contributed by atoms with Crippen molar-refractivity contribution >= 4 is 17.5 Å². The first-order valence-electron chi connectivity index (χ1n) is 7.51. The summed E-state index contributed by atoms with van der Waals surface area (Å²) in [6.45, 7) is 1.46. The van der Waals surface area contributed by atoms with Crippen molar-refractivity contribution in [1.82, 2.24) is 0 Å². The number of likely N-dealkylation sites (tertiary alicyclic amines) is 1. The number of benzene rings is 1. The zero-order valence-electron chi connectivity index (χ0n) is 12.9. The topological polar surface area (TPSA) is 85.9 Å². The number of quaternary nitrogens is 1. The maximum Gasteiger partial charge on any atom is 0.573 e. The minimum atomic E-state index is -4.75. The van der Waals surface area contributed by atoms with Crippen LogP contribution in [0.15, 0.2) is 24.3 Å². The number of hydrogen-bond acceptors (Lipinski definition) is 3. The minimum absolute atomic E-state index is 0.171. The Hall–Kier alpha value is -2.29. The van der Waals surface area contributed by atoms with Gasteiger partial charge in [-0.15, -0.1) is 13.2 Å². The number of carbonyl (C=O) groups is 2. The lowest BCUT2D eigenvalue weighted by Crippen LogP contribution is -3.14. The highest BCUT2D eigenvalue weighted by Gasteiger charge is 2.31. The van der Waals surface area contributed by atoms with Gasteiger partial charge in [-0.1, -0.05) is 0 Å². The molecule has 1 aromatic rings. The molecule has 1 aliphatic rings. The van der Waals surface area contributed by atoms with Crippen molar-refractivity contribution in [3.63, 3.8) is 0 Å². The van der Waals surface area contributed by atoms with Crippen LogP contribution in [0.5, 0.6) is 5.75 Å². The number of ether oxygens (including phenoxy) is 1. The number of hydrogen-bond donors (Lipinski definition) is 3. The van der Waals surface area contributed by atoms with Gasteiger partial charge in [-0.3, -0.25) is 9.59 Å². The van der Waals surface area contributed by atoms with Crippen molar-refractivity contribution in [2.24, 2.45) is 11.7 Å². The fraction of sp³-hybridized carbons (Fsp3) is 0.467. The summed E-state index contributed by atoms with van der Waals surface area (Å²) >= 11 is 0. The van der Waals surface area contributed by atoms with Crippen molar-refractivity contribution in [1.29, 1.82) is 0 Å². The van der Waals surface area contributed by atoms with Crippen LogP contribution in [0.1, 0.15) is 12.8 Å². The lowest BCUT2D eigenvalue weighted by molar-refractivity contribution is -0.899. The van der Waals surface area contributed by atoms with E-state index in [-0.39, 0.29) is 30.0 Å². The van der Waals surface area contributed by atoms with Crippen LogP contribution in [0.4, 0.5) is 18.9 Å². The van der Waals surface area contributed by atoms with Crippen molar-refractivity contribution in [3.05, 3.63) is 24.3 Å². The van der Waals surface area contributed by atoms with Crippen LogP contribution in [0.3, 0.4) is 0 Å². The summed E-state index contributed by atoms with van der Waals surface area (Å²) in [5.74, 6) is -1.21. The molecule has 1 unspecified atom stereocenters. The number of amides is 2. The van der Waals surface area contributed by atoms with Gasteiger partial charge in [0, 0.05) is 5.69 Å². The normalized spacial score (nSPS) is 21.1. The van der Waals surface area contributed by atoms with E-state index in [1.165, 1.54) is 12.1 Å². The number of anilines is 1. The summed E-state index contributed by atoms with van der Waals surface area (Å²) < 4.78 is 40.0. The van der Waals surface area contributed by atoms with Gasteiger partial charge in [-0.2, -0.15) is 0 Å². The van der Waals surface area contributed by atoms with E-state index in [1.54, 1.807) is 0 Å². The molecule has 132 valence electrons. The van der Waals surface area contributed by atoms with Crippen LogP contribution in [-0.2, 0) is 9.59 Å². The maximum absolute atomic E-state index is 12.1. The number of primary amides is 1. The Kier molecular flexibility index (Phi) is 5.66. The molecular weight excluding hydrogens is 327 g/mol. The van der Waals surface area contributed by atoms with E-state index < -0.39 is 6.36 Å². The molecule has 0 saturated carbocycles. The van der Waals surface area contributed by atoms with Crippen LogP contribution in [0.25, 0.3) is 0 Å². The van der Waals surface area contributed by atoms with Gasteiger partial charge in [0.15, 0.2) is 6.54 Å². The van der Waals surface area contributed by atoms with Gasteiger partial charge in [-0.05, 0) is 37.1 Å². The zero-order valence-corrected chi connectivity index (χ0v) is 12.9. The Labute approximate surface area is 136 Å². The first kappa shape index (κ1) is 18.1. The number of carbonyl (C=O) groups excluding carboxylic acids is 2. The zero-order chi connectivity index (χ0) is 17.7. The summed E-state index contributed by atoms with van der Waals surface area (Å²) in [5.41, 5.74) is 5.67. The van der Waals surface area contributed by atoms with E-state index in [0.717, 1.165) is 36.4 Å². The van der Waals surface area contributed by atoms with Crippen LogP contribution in [0, 0.1) is 5.92 Å². The van der Waals surface area contributed by atoms with Crippen LogP contribution in [0.2, 0.25) is 0 Å². The van der Waals surface area contributed by atoms with E-state index in [2.05, 4.69) is 10.1 Å². The smallest absolute Gasteiger partial charge is 0.406 e. The van der Waals surface area contributed by atoms with E-state index in [4.69, 9.17) is 5.73 Å². The van der Waals surface area contributed by atoms with Gasteiger partial charge in [0.1, 0.15) is 5.75 Å². The fourth-order valence-electron chi connectivity index (χ4n) is 2.73. The highest BCUT2D eigenvalue weighted by atomic mass is 19.4. The number of halogens is 3. The van der Waals surface area contributed by atoms with Crippen molar-refractivity contribution in [2.45, 2.75) is 19.2 Å². The predicted molar refractivity (Wildman–Crippen MR) is 79.2 cm³/mol. The number of piperidine rings is 1. The molecule has 1 aliphatic heterocycles. The van der Waals surface area contributed by atoms with Crippen molar-refractivity contribution in [3.8, 4) is 5.75 Å². The Morgan fingerprint density at radius 2 is 1.96 bits per heavy atom. The Morgan fingerprint density at radius 3 is 2.54 bits per heavy atom. The lowest BCUT2D eigenvalue weighted by Gasteiger charge is -2.27.